The molecule has 0 radical (unpaired) electrons. The molecule has 2 fully saturated rings. The fraction of sp³-hybridized carbons (Fsp3) is 0.458. The number of thiophene rings is 1. The van der Waals surface area contributed by atoms with Gasteiger partial charge in [-0.1, -0.05) is 42.1 Å². The van der Waals surface area contributed by atoms with Gasteiger partial charge >= 0.3 is 0 Å². The molecule has 14 heteroatoms. The van der Waals surface area contributed by atoms with E-state index in [2.05, 4.69) is 10.0 Å². The maximum Gasteiger partial charge on any atom is 0.261 e. The second-order valence-corrected chi connectivity index (χ2v) is 12.7. The molecule has 0 bridgehead atoms. The van der Waals surface area contributed by atoms with Gasteiger partial charge in [-0.3, -0.25) is 14.4 Å². The van der Waals surface area contributed by atoms with Crippen molar-refractivity contribution in [2.45, 2.75) is 36.6 Å². The van der Waals surface area contributed by atoms with Gasteiger partial charge in [-0.2, -0.15) is 4.72 Å². The summed E-state index contributed by atoms with van der Waals surface area (Å²) in [4.78, 5) is 41.5. The first-order chi connectivity index (χ1) is 18.2. The third-order valence-electron chi connectivity index (χ3n) is 6.29. The summed E-state index contributed by atoms with van der Waals surface area (Å²) >= 11 is 13.5. The van der Waals surface area contributed by atoms with E-state index in [1.807, 2.05) is 0 Å². The molecule has 3 amide bonds. The number of ether oxygens (including phenoxy) is 1. The number of rotatable bonds is 8. The van der Waals surface area contributed by atoms with Crippen LogP contribution in [0.3, 0.4) is 0 Å². The molecule has 2 aromatic rings. The third kappa shape index (κ3) is 6.85. The zero-order valence-corrected chi connectivity index (χ0v) is 23.6. The lowest BCUT2D eigenvalue weighted by molar-refractivity contribution is -0.132. The van der Waals surface area contributed by atoms with Crippen LogP contribution in [-0.4, -0.2) is 76.5 Å². The monoisotopic (exact) mass is 602 g/mol. The molecule has 206 valence electrons. The molecule has 1 atom stereocenters. The molecule has 3 heterocycles. The molecule has 1 aromatic carbocycles. The fourth-order valence-electron chi connectivity index (χ4n) is 4.35. The summed E-state index contributed by atoms with van der Waals surface area (Å²) in [6.07, 6.45) is 3.59. The normalized spacial score (nSPS) is 17.7. The first-order valence-corrected chi connectivity index (χ1v) is 15.2. The molecular formula is C24H28Cl2N4O6S2. The summed E-state index contributed by atoms with van der Waals surface area (Å²) < 4.78 is 35.1. The number of hydrogen-bond acceptors (Lipinski definition) is 7. The Balaban J connectivity index is 1.58. The summed E-state index contributed by atoms with van der Waals surface area (Å²) in [6.45, 7) is 1.11. The van der Waals surface area contributed by atoms with Crippen LogP contribution in [0.1, 0.15) is 35.4 Å². The van der Waals surface area contributed by atoms with Gasteiger partial charge in [0, 0.05) is 26.2 Å². The Morgan fingerprint density at radius 3 is 2.45 bits per heavy atom. The van der Waals surface area contributed by atoms with Crippen molar-refractivity contribution in [3.63, 3.8) is 0 Å². The Bertz CT molecular complexity index is 1290. The van der Waals surface area contributed by atoms with E-state index in [1.165, 1.54) is 17.0 Å². The van der Waals surface area contributed by atoms with E-state index in [9.17, 15) is 22.8 Å². The van der Waals surface area contributed by atoms with Crippen LogP contribution in [0.5, 0.6) is 0 Å². The number of benzene rings is 1. The maximum atomic E-state index is 13.5. The van der Waals surface area contributed by atoms with Crippen LogP contribution < -0.4 is 14.9 Å². The number of sulfonamides is 1. The minimum Gasteiger partial charge on any atom is -0.370 e. The van der Waals surface area contributed by atoms with Crippen molar-refractivity contribution in [3.05, 3.63) is 44.6 Å². The number of halogens is 2. The lowest BCUT2D eigenvalue weighted by Gasteiger charge is -2.29. The molecule has 2 saturated heterocycles. The summed E-state index contributed by atoms with van der Waals surface area (Å²) in [6, 6.07) is 6.19. The molecule has 2 N–H and O–H groups in total. The number of hydrogen-bond donors (Lipinski definition) is 2. The van der Waals surface area contributed by atoms with Gasteiger partial charge in [-0.05, 0) is 37.1 Å². The van der Waals surface area contributed by atoms with Gasteiger partial charge in [0.1, 0.15) is 17.5 Å². The Labute approximate surface area is 235 Å². The number of morpholine rings is 1. The second-order valence-electron chi connectivity index (χ2n) is 8.91. The summed E-state index contributed by atoms with van der Waals surface area (Å²) in [7, 11) is -4.34. The average molecular weight is 604 g/mol. The summed E-state index contributed by atoms with van der Waals surface area (Å²) in [5.74, 6) is -1.25. The zero-order valence-electron chi connectivity index (χ0n) is 20.5. The van der Waals surface area contributed by atoms with Crippen LogP contribution in [0.2, 0.25) is 9.36 Å². The zero-order chi connectivity index (χ0) is 27.3. The van der Waals surface area contributed by atoms with Crippen LogP contribution in [-0.2, 0) is 24.3 Å². The van der Waals surface area contributed by atoms with Gasteiger partial charge in [-0.15, -0.1) is 11.3 Å². The van der Waals surface area contributed by atoms with E-state index in [1.54, 1.807) is 23.1 Å². The second kappa shape index (κ2) is 12.8. The summed E-state index contributed by atoms with van der Waals surface area (Å²) in [5, 5.41) is 2.50. The van der Waals surface area contributed by atoms with Gasteiger partial charge in [0.2, 0.25) is 15.9 Å². The first-order valence-electron chi connectivity index (χ1n) is 12.2. The van der Waals surface area contributed by atoms with E-state index in [-0.39, 0.29) is 41.2 Å². The number of carbonyl (C=O) groups excluding carboxylic acids is 3. The topological polar surface area (TPSA) is 125 Å². The highest BCUT2D eigenvalue weighted by Gasteiger charge is 2.33. The minimum atomic E-state index is -4.34. The molecular weight excluding hydrogens is 575 g/mol. The van der Waals surface area contributed by atoms with Crippen LogP contribution in [0, 0.1) is 0 Å². The first kappa shape index (κ1) is 28.8. The van der Waals surface area contributed by atoms with Gasteiger partial charge in [-0.25, -0.2) is 8.42 Å². The number of likely N-dealkylation sites (tertiary alicyclic amines) is 1. The van der Waals surface area contributed by atoms with Crippen LogP contribution in [0.15, 0.2) is 35.2 Å². The van der Waals surface area contributed by atoms with E-state index < -0.39 is 27.9 Å². The molecule has 0 unspecified atom stereocenters. The highest BCUT2D eigenvalue weighted by atomic mass is 35.5. The fourth-order valence-corrected chi connectivity index (χ4v) is 7.12. The standard InChI is InChI=1S/C24H28Cl2N4O6S2/c25-20-9-8-18(37-20)23(32)27-14-16(24(33)29-10-3-1-2-4-11-29)28-38(34,35)19-7-5-6-17(22(19)26)30-12-13-36-15-21(30)31/h5-9,16,28H,1-4,10-15H2,(H,27,32)/t16-/m0/s1. The van der Waals surface area contributed by atoms with E-state index in [4.69, 9.17) is 27.9 Å². The quantitative estimate of drug-likeness (QED) is 0.478. The predicted octanol–water partition coefficient (Wildman–Crippen LogP) is 2.90. The Kier molecular flexibility index (Phi) is 9.66. The van der Waals surface area contributed by atoms with Crippen molar-refractivity contribution in [1.29, 1.82) is 0 Å². The van der Waals surface area contributed by atoms with Gasteiger partial charge in [0.05, 0.1) is 26.5 Å². The van der Waals surface area contributed by atoms with Crippen molar-refractivity contribution < 1.29 is 27.5 Å². The van der Waals surface area contributed by atoms with Crippen molar-refractivity contribution >= 4 is 68.0 Å². The van der Waals surface area contributed by atoms with E-state index in [0.717, 1.165) is 37.0 Å². The maximum absolute atomic E-state index is 13.5. The number of nitrogens with one attached hydrogen (secondary N) is 2. The van der Waals surface area contributed by atoms with E-state index >= 15 is 0 Å². The molecule has 0 spiro atoms. The molecule has 0 aliphatic carbocycles. The smallest absolute Gasteiger partial charge is 0.261 e. The Morgan fingerprint density at radius 1 is 1.05 bits per heavy atom. The minimum absolute atomic E-state index is 0.132. The lowest BCUT2D eigenvalue weighted by Crippen LogP contribution is -2.54. The number of nitrogens with zero attached hydrogens (tertiary/aromatic N) is 2. The molecule has 38 heavy (non-hydrogen) atoms. The van der Waals surface area contributed by atoms with E-state index in [0.29, 0.717) is 28.9 Å². The Hall–Kier alpha value is -2.22. The van der Waals surface area contributed by atoms with Crippen molar-refractivity contribution in [2.24, 2.45) is 0 Å². The third-order valence-corrected chi connectivity index (χ3v) is 9.54. The molecule has 2 aliphatic rings. The Morgan fingerprint density at radius 2 is 1.79 bits per heavy atom. The van der Waals surface area contributed by atoms with Crippen molar-refractivity contribution in [2.75, 3.05) is 44.3 Å². The average Bonchev–Trinajstić information content (AvgIpc) is 3.15. The highest BCUT2D eigenvalue weighted by Crippen LogP contribution is 2.33. The molecule has 0 saturated carbocycles. The SMILES string of the molecule is O=C(NC[C@H](NS(=O)(=O)c1cccc(N2CCOCC2=O)c1Cl)C(=O)N1CCCCCC1)c1ccc(Cl)s1. The van der Waals surface area contributed by atoms with Crippen molar-refractivity contribution in [1.82, 2.24) is 14.9 Å². The molecule has 10 nitrogen and oxygen atoms in total. The van der Waals surface area contributed by atoms with Gasteiger partial charge < -0.3 is 19.9 Å². The van der Waals surface area contributed by atoms with Gasteiger partial charge in [0.25, 0.3) is 11.8 Å². The number of amides is 3. The van der Waals surface area contributed by atoms with Crippen LogP contribution >= 0.6 is 34.5 Å². The lowest BCUT2D eigenvalue weighted by atomic mass is 10.2. The molecule has 1 aromatic heterocycles. The number of anilines is 1. The predicted molar refractivity (Wildman–Crippen MR) is 145 cm³/mol. The van der Waals surface area contributed by atoms with Crippen molar-refractivity contribution in [3.8, 4) is 0 Å². The molecule has 4 rings (SSSR count). The molecule has 2 aliphatic heterocycles. The van der Waals surface area contributed by atoms with Crippen LogP contribution in [0.25, 0.3) is 0 Å². The largest absolute Gasteiger partial charge is 0.370 e. The van der Waals surface area contributed by atoms with Crippen LogP contribution in [0.4, 0.5) is 5.69 Å². The number of carbonyl (C=O) groups is 3. The summed E-state index contributed by atoms with van der Waals surface area (Å²) in [5.41, 5.74) is 0.237. The van der Waals surface area contributed by atoms with Gasteiger partial charge in [0.15, 0.2) is 0 Å². The highest BCUT2D eigenvalue weighted by molar-refractivity contribution is 7.89.